The fourth-order valence-electron chi connectivity index (χ4n) is 7.74. The molecule has 2 heterocycles. The highest BCUT2D eigenvalue weighted by Gasteiger charge is 2.25. The number of tetrazole rings is 1. The molecule has 1 amide bonds. The highest BCUT2D eigenvalue weighted by Crippen LogP contribution is 2.38. The smallest absolute Gasteiger partial charge is 0.326 e. The second-order valence-electron chi connectivity index (χ2n) is 14.5. The quantitative estimate of drug-likeness (QED) is 0.0842. The molecule has 0 radical (unpaired) electrons. The molecule has 1 unspecified atom stereocenters. The Hall–Kier alpha value is -7.22. The van der Waals surface area contributed by atoms with Gasteiger partial charge in [0.2, 0.25) is 5.82 Å². The van der Waals surface area contributed by atoms with Gasteiger partial charge in [0.25, 0.3) is 5.91 Å². The van der Waals surface area contributed by atoms with E-state index in [-0.39, 0.29) is 24.3 Å². The van der Waals surface area contributed by atoms with Crippen molar-refractivity contribution in [1.82, 2.24) is 35.5 Å². The maximum atomic E-state index is 13.6. The van der Waals surface area contributed by atoms with Crippen LogP contribution in [0.2, 0.25) is 0 Å². The summed E-state index contributed by atoms with van der Waals surface area (Å²) in [6.07, 6.45) is 5.78. The zero-order valence-corrected chi connectivity index (χ0v) is 32.6. The number of carboxylic acids is 1. The number of benzene rings is 5. The number of nitrogens with one attached hydrogen (secondary N) is 2. The van der Waals surface area contributed by atoms with Crippen LogP contribution in [-0.4, -0.2) is 72.5 Å². The molecule has 0 spiro atoms. The van der Waals surface area contributed by atoms with E-state index in [9.17, 15) is 19.8 Å². The van der Waals surface area contributed by atoms with Crippen LogP contribution in [0.5, 0.6) is 23.0 Å². The summed E-state index contributed by atoms with van der Waals surface area (Å²) in [4.78, 5) is 31.0. The van der Waals surface area contributed by atoms with Crippen LogP contribution in [0.1, 0.15) is 59.6 Å². The number of aromatic hydroxyl groups is 1. The van der Waals surface area contributed by atoms with Crippen molar-refractivity contribution in [2.24, 2.45) is 0 Å². The van der Waals surface area contributed by atoms with E-state index >= 15 is 0 Å². The molecule has 59 heavy (non-hydrogen) atoms. The van der Waals surface area contributed by atoms with Gasteiger partial charge in [-0.1, -0.05) is 43.5 Å². The first kappa shape index (κ1) is 38.6. The van der Waals surface area contributed by atoms with E-state index in [0.29, 0.717) is 40.2 Å². The molecule has 4 N–H and O–H groups in total. The maximum Gasteiger partial charge on any atom is 0.326 e. The number of carbonyl (C=O) groups is 2. The van der Waals surface area contributed by atoms with E-state index in [2.05, 4.69) is 36.6 Å². The summed E-state index contributed by atoms with van der Waals surface area (Å²) in [5.41, 5.74) is 6.91. The predicted octanol–water partition coefficient (Wildman–Crippen LogP) is 7.78. The van der Waals surface area contributed by atoms with Crippen molar-refractivity contribution in [3.63, 3.8) is 0 Å². The van der Waals surface area contributed by atoms with Crippen LogP contribution in [0.4, 0.5) is 0 Å². The Bertz CT molecular complexity index is 2580. The number of aliphatic carboxylic acids is 1. The summed E-state index contributed by atoms with van der Waals surface area (Å²) >= 11 is 0. The minimum absolute atomic E-state index is 0.0370. The first-order valence-electron chi connectivity index (χ1n) is 19.4. The van der Waals surface area contributed by atoms with Crippen molar-refractivity contribution in [2.75, 3.05) is 14.2 Å². The van der Waals surface area contributed by atoms with Gasteiger partial charge in [0.1, 0.15) is 30.0 Å². The molecule has 1 aliphatic carbocycles. The van der Waals surface area contributed by atoms with Gasteiger partial charge in [-0.05, 0) is 119 Å². The Balaban J connectivity index is 1.08. The molecule has 1 aliphatic rings. The standard InChI is InChI=1S/C45H43N7O7/c1-57-40-21-14-29(25-41(40)58-2)36-19-12-31(44(54)47-38(45(55)56)22-27-8-15-34(53)16-9-27)23-32(36)26-59-35-17-10-28(11-18-35)43-46-37-24-30(42-48-50-51-49-42)13-20-39(37)52(43)33-6-4-3-5-7-33/h8-21,23-25,33,38,53H,3-7,22,26H2,1-2H3,(H,47,54)(H,55,56)(H,48,49,50,51). The van der Waals surface area contributed by atoms with Crippen LogP contribution in [0.25, 0.3) is 44.9 Å². The number of aromatic nitrogens is 6. The van der Waals surface area contributed by atoms with E-state index in [1.807, 2.05) is 60.7 Å². The van der Waals surface area contributed by atoms with Gasteiger partial charge in [0, 0.05) is 29.2 Å². The fraction of sp³-hybridized carbons (Fsp3) is 0.244. The molecule has 14 heteroatoms. The molecule has 1 fully saturated rings. The first-order valence-corrected chi connectivity index (χ1v) is 19.4. The maximum absolute atomic E-state index is 13.6. The van der Waals surface area contributed by atoms with Gasteiger partial charge in [-0.2, -0.15) is 5.21 Å². The number of carbonyl (C=O) groups excluding carboxylic acids is 1. The van der Waals surface area contributed by atoms with E-state index in [0.717, 1.165) is 52.0 Å². The van der Waals surface area contributed by atoms with Crippen molar-refractivity contribution in [3.05, 3.63) is 120 Å². The number of carboxylic acid groups (broad SMARTS) is 1. The van der Waals surface area contributed by atoms with Crippen LogP contribution in [0.15, 0.2) is 103 Å². The van der Waals surface area contributed by atoms with Crippen LogP contribution < -0.4 is 19.5 Å². The molecule has 1 atom stereocenters. The number of hydrogen-bond acceptors (Lipinski definition) is 10. The molecule has 1 saturated carbocycles. The van der Waals surface area contributed by atoms with E-state index in [4.69, 9.17) is 19.2 Å². The number of imidazole rings is 1. The number of nitrogens with zero attached hydrogens (tertiary/aromatic N) is 5. The second-order valence-corrected chi connectivity index (χ2v) is 14.5. The monoisotopic (exact) mass is 793 g/mol. The molecular formula is C45H43N7O7. The number of aromatic amines is 1. The largest absolute Gasteiger partial charge is 0.508 e. The zero-order valence-electron chi connectivity index (χ0n) is 32.6. The summed E-state index contributed by atoms with van der Waals surface area (Å²) in [5.74, 6) is 1.45. The lowest BCUT2D eigenvalue weighted by Crippen LogP contribution is -2.42. The lowest BCUT2D eigenvalue weighted by atomic mass is 9.94. The molecule has 8 rings (SSSR count). The number of methoxy groups -OCH3 is 2. The van der Waals surface area contributed by atoms with Crippen LogP contribution in [-0.2, 0) is 17.8 Å². The van der Waals surface area contributed by atoms with Crippen LogP contribution >= 0.6 is 0 Å². The van der Waals surface area contributed by atoms with Gasteiger partial charge in [0.15, 0.2) is 11.5 Å². The summed E-state index contributed by atoms with van der Waals surface area (Å²) < 4.78 is 19.8. The number of H-pyrrole nitrogens is 1. The third-order valence-corrected chi connectivity index (χ3v) is 10.8. The summed E-state index contributed by atoms with van der Waals surface area (Å²) in [6, 6.07) is 30.0. The van der Waals surface area contributed by atoms with Crippen LogP contribution in [0.3, 0.4) is 0 Å². The van der Waals surface area contributed by atoms with Crippen molar-refractivity contribution < 1.29 is 34.0 Å². The second kappa shape index (κ2) is 17.1. The average Bonchev–Trinajstić information content (AvgIpc) is 3.95. The minimum Gasteiger partial charge on any atom is -0.508 e. The van der Waals surface area contributed by atoms with Gasteiger partial charge in [-0.15, -0.1) is 10.2 Å². The molecule has 0 aliphatic heterocycles. The summed E-state index contributed by atoms with van der Waals surface area (Å²) in [5, 5.41) is 36.8. The normalized spacial score (nSPS) is 13.5. The first-order chi connectivity index (χ1) is 28.8. The number of fused-ring (bicyclic) bond motifs is 1. The van der Waals surface area contributed by atoms with Gasteiger partial charge in [-0.25, -0.2) is 9.78 Å². The lowest BCUT2D eigenvalue weighted by molar-refractivity contribution is -0.139. The van der Waals surface area contributed by atoms with Crippen molar-refractivity contribution in [1.29, 1.82) is 0 Å². The minimum atomic E-state index is -1.20. The average molecular weight is 794 g/mol. The number of rotatable bonds is 14. The van der Waals surface area contributed by atoms with Crippen LogP contribution in [0, 0.1) is 0 Å². The van der Waals surface area contributed by atoms with Gasteiger partial charge >= 0.3 is 5.97 Å². The van der Waals surface area contributed by atoms with Gasteiger partial charge in [-0.3, -0.25) is 4.79 Å². The lowest BCUT2D eigenvalue weighted by Gasteiger charge is -2.25. The molecule has 2 aromatic heterocycles. The number of phenols is 1. The third-order valence-electron chi connectivity index (χ3n) is 10.8. The molecule has 7 aromatic rings. The Kier molecular flexibility index (Phi) is 11.2. The highest BCUT2D eigenvalue weighted by molar-refractivity contribution is 5.97. The molecule has 5 aromatic carbocycles. The predicted molar refractivity (Wildman–Crippen MR) is 220 cm³/mol. The summed E-state index contributed by atoms with van der Waals surface area (Å²) in [7, 11) is 3.14. The Morgan fingerprint density at radius 2 is 1.59 bits per heavy atom. The number of phenolic OH excluding ortho intramolecular Hbond substituents is 1. The highest BCUT2D eigenvalue weighted by atomic mass is 16.5. The Morgan fingerprint density at radius 3 is 2.31 bits per heavy atom. The fourth-order valence-corrected chi connectivity index (χ4v) is 7.74. The Labute approximate surface area is 339 Å². The summed E-state index contributed by atoms with van der Waals surface area (Å²) in [6.45, 7) is 0.0967. The van der Waals surface area contributed by atoms with E-state index in [1.165, 1.54) is 31.4 Å². The van der Waals surface area contributed by atoms with Crippen molar-refractivity contribution >= 4 is 22.9 Å². The molecule has 300 valence electrons. The number of amides is 1. The van der Waals surface area contributed by atoms with Gasteiger partial charge in [0.05, 0.1) is 25.3 Å². The zero-order chi connectivity index (χ0) is 40.9. The molecule has 0 bridgehead atoms. The Morgan fingerprint density at radius 1 is 0.847 bits per heavy atom. The van der Waals surface area contributed by atoms with Gasteiger partial charge < -0.3 is 34.3 Å². The number of ether oxygens (including phenoxy) is 3. The van der Waals surface area contributed by atoms with E-state index < -0.39 is 17.9 Å². The van der Waals surface area contributed by atoms with Crippen molar-refractivity contribution in [3.8, 4) is 56.9 Å². The van der Waals surface area contributed by atoms with E-state index in [1.54, 1.807) is 38.5 Å². The topological polar surface area (TPSA) is 187 Å². The molecule has 14 nitrogen and oxygen atoms in total. The number of hydrogen-bond donors (Lipinski definition) is 4. The van der Waals surface area contributed by atoms with Crippen molar-refractivity contribution in [2.45, 2.75) is 57.2 Å². The third kappa shape index (κ3) is 8.42. The SMILES string of the molecule is COc1ccc(-c2ccc(C(=O)NC(Cc3ccc(O)cc3)C(=O)O)cc2COc2ccc(-c3nc4cc(-c5nn[nH]n5)ccc4n3C3CCCCC3)cc2)cc1OC. The molecular weight excluding hydrogens is 751 g/mol. The molecule has 0 saturated heterocycles.